The zero-order chi connectivity index (χ0) is 23.4. The van der Waals surface area contributed by atoms with Gasteiger partial charge in [-0.05, 0) is 25.3 Å². The fourth-order valence-corrected chi connectivity index (χ4v) is 4.08. The van der Waals surface area contributed by atoms with E-state index in [9.17, 15) is 4.79 Å². The molecule has 0 aromatic rings. The minimum atomic E-state index is -0.0986. The van der Waals surface area contributed by atoms with Crippen LogP contribution in [0, 0.1) is 0 Å². The summed E-state index contributed by atoms with van der Waals surface area (Å²) < 4.78 is 5.16. The third kappa shape index (κ3) is 27.0. The van der Waals surface area contributed by atoms with Crippen LogP contribution in [0.4, 0.5) is 0 Å². The smallest absolute Gasteiger partial charge is 0.310 e. The van der Waals surface area contributed by atoms with Crippen molar-refractivity contribution in [1.82, 2.24) is 0 Å². The largest absolute Gasteiger partial charge is 0.434 e. The van der Waals surface area contributed by atoms with Gasteiger partial charge in [-0.1, -0.05) is 148 Å². The van der Waals surface area contributed by atoms with Gasteiger partial charge in [0.2, 0.25) is 0 Å². The van der Waals surface area contributed by atoms with Gasteiger partial charge in [0.05, 0.1) is 6.26 Å². The van der Waals surface area contributed by atoms with E-state index in [0.717, 1.165) is 19.3 Å². The number of rotatable bonds is 25. The van der Waals surface area contributed by atoms with Crippen LogP contribution in [0.25, 0.3) is 0 Å². The average Bonchev–Trinajstić information content (AvgIpc) is 2.80. The van der Waals surface area contributed by atoms with Gasteiger partial charge < -0.3 is 4.74 Å². The summed E-state index contributed by atoms with van der Waals surface area (Å²) in [4.78, 5) is 11.7. The molecule has 0 aliphatic heterocycles. The molecule has 0 saturated heterocycles. The minimum absolute atomic E-state index is 0.0986. The Hall–Kier alpha value is -1.05. The van der Waals surface area contributed by atoms with Crippen molar-refractivity contribution in [1.29, 1.82) is 0 Å². The van der Waals surface area contributed by atoms with Gasteiger partial charge in [-0.15, -0.1) is 0 Å². The van der Waals surface area contributed by atoms with E-state index in [1.165, 1.54) is 128 Å². The van der Waals surface area contributed by atoms with Crippen LogP contribution in [0.15, 0.2) is 24.5 Å². The van der Waals surface area contributed by atoms with Crippen LogP contribution in [0.2, 0.25) is 0 Å². The molecule has 2 nitrogen and oxygen atoms in total. The molecule has 0 bridgehead atoms. The second-order valence-corrected chi connectivity index (χ2v) is 9.50. The molecule has 0 amide bonds. The van der Waals surface area contributed by atoms with Crippen molar-refractivity contribution in [2.45, 2.75) is 162 Å². The Morgan fingerprint density at radius 1 is 0.531 bits per heavy atom. The molecule has 0 heterocycles. The molecule has 32 heavy (non-hydrogen) atoms. The highest BCUT2D eigenvalue weighted by atomic mass is 16.5. The first kappa shape index (κ1) is 30.9. The maximum atomic E-state index is 11.7. The lowest BCUT2D eigenvalue weighted by atomic mass is 10.0. The molecule has 188 valence electrons. The van der Waals surface area contributed by atoms with E-state index in [1.54, 1.807) is 0 Å². The summed E-state index contributed by atoms with van der Waals surface area (Å²) in [7, 11) is 0. The summed E-state index contributed by atoms with van der Waals surface area (Å²) in [6.45, 7) is 4.54. The first-order chi connectivity index (χ1) is 15.8. The molecule has 0 N–H and O–H groups in total. The van der Waals surface area contributed by atoms with E-state index < -0.39 is 0 Å². The molecule has 0 rings (SSSR count). The maximum absolute atomic E-state index is 11.7. The van der Waals surface area contributed by atoms with Gasteiger partial charge in [-0.2, -0.15) is 0 Å². The summed E-state index contributed by atoms with van der Waals surface area (Å²) in [5, 5.41) is 0. The molecule has 0 atom stereocenters. The van der Waals surface area contributed by atoms with Crippen molar-refractivity contribution in [2.24, 2.45) is 0 Å². The SMILES string of the molecule is CCCCCCCCCCCCCCC=CC=COC(=O)CCCCCCCCCCC. The van der Waals surface area contributed by atoms with E-state index in [4.69, 9.17) is 4.74 Å². The van der Waals surface area contributed by atoms with Crippen LogP contribution in [0.1, 0.15) is 162 Å². The second kappa shape index (κ2) is 28.0. The van der Waals surface area contributed by atoms with Crippen LogP contribution in [0.5, 0.6) is 0 Å². The number of esters is 1. The normalized spacial score (nSPS) is 11.7. The first-order valence-corrected chi connectivity index (χ1v) is 14.3. The molecule has 0 aromatic carbocycles. The molecular formula is C30H56O2. The Kier molecular flexibility index (Phi) is 27.1. The van der Waals surface area contributed by atoms with Crippen LogP contribution < -0.4 is 0 Å². The number of hydrogen-bond acceptors (Lipinski definition) is 2. The number of unbranched alkanes of at least 4 members (excludes halogenated alkanes) is 20. The predicted octanol–water partition coefficient (Wildman–Crippen LogP) is 10.6. The molecule has 0 aliphatic carbocycles. The van der Waals surface area contributed by atoms with Crippen molar-refractivity contribution < 1.29 is 9.53 Å². The third-order valence-corrected chi connectivity index (χ3v) is 6.23. The molecule has 0 spiro atoms. The number of carbonyl (C=O) groups excluding carboxylic acids is 1. The summed E-state index contributed by atoms with van der Waals surface area (Å²) in [5.41, 5.74) is 0. The van der Waals surface area contributed by atoms with Crippen LogP contribution in [0.3, 0.4) is 0 Å². The highest BCUT2D eigenvalue weighted by Crippen LogP contribution is 2.13. The quantitative estimate of drug-likeness (QED) is 0.0600. The first-order valence-electron chi connectivity index (χ1n) is 14.3. The molecule has 0 unspecified atom stereocenters. The van der Waals surface area contributed by atoms with Crippen LogP contribution >= 0.6 is 0 Å². The molecule has 0 aliphatic rings. The maximum Gasteiger partial charge on any atom is 0.310 e. The molecule has 0 aromatic heterocycles. The van der Waals surface area contributed by atoms with E-state index in [0.29, 0.717) is 6.42 Å². The Bertz CT molecular complexity index is 425. The molecule has 0 saturated carbocycles. The van der Waals surface area contributed by atoms with Gasteiger partial charge in [-0.25, -0.2) is 0 Å². The standard InChI is InChI=1S/C30H56O2/c1-3-5-7-9-11-13-14-15-16-17-18-19-21-23-25-27-29-32-30(31)28-26-24-22-20-12-10-8-6-4-2/h23,25,27,29H,3-22,24,26,28H2,1-2H3. The third-order valence-electron chi connectivity index (χ3n) is 6.23. The Morgan fingerprint density at radius 2 is 0.938 bits per heavy atom. The van der Waals surface area contributed by atoms with Crippen molar-refractivity contribution in [3.05, 3.63) is 24.5 Å². The summed E-state index contributed by atoms with van der Waals surface area (Å²) >= 11 is 0. The van der Waals surface area contributed by atoms with Gasteiger partial charge >= 0.3 is 5.97 Å². The van der Waals surface area contributed by atoms with Crippen molar-refractivity contribution in [3.8, 4) is 0 Å². The van der Waals surface area contributed by atoms with Crippen molar-refractivity contribution in [2.75, 3.05) is 0 Å². The average molecular weight is 449 g/mol. The van der Waals surface area contributed by atoms with Gasteiger partial charge in [0.15, 0.2) is 0 Å². The lowest BCUT2D eigenvalue weighted by Gasteiger charge is -2.02. The fourth-order valence-electron chi connectivity index (χ4n) is 4.08. The van der Waals surface area contributed by atoms with Gasteiger partial charge in [0.1, 0.15) is 0 Å². The highest BCUT2D eigenvalue weighted by molar-refractivity contribution is 5.69. The van der Waals surface area contributed by atoms with E-state index in [1.807, 2.05) is 12.2 Å². The Morgan fingerprint density at radius 3 is 1.41 bits per heavy atom. The van der Waals surface area contributed by atoms with Gasteiger partial charge in [-0.3, -0.25) is 4.79 Å². The fraction of sp³-hybridized carbons (Fsp3) is 0.833. The topological polar surface area (TPSA) is 26.3 Å². The van der Waals surface area contributed by atoms with Crippen LogP contribution in [-0.2, 0) is 9.53 Å². The monoisotopic (exact) mass is 448 g/mol. The minimum Gasteiger partial charge on any atom is -0.434 e. The van der Waals surface area contributed by atoms with Crippen molar-refractivity contribution in [3.63, 3.8) is 0 Å². The lowest BCUT2D eigenvalue weighted by molar-refractivity contribution is -0.138. The number of ether oxygens (including phenoxy) is 1. The zero-order valence-electron chi connectivity index (χ0n) is 21.9. The number of hydrogen-bond donors (Lipinski definition) is 0. The molecule has 0 fully saturated rings. The number of carbonyl (C=O) groups is 1. The second-order valence-electron chi connectivity index (χ2n) is 9.50. The predicted molar refractivity (Wildman–Crippen MR) is 142 cm³/mol. The molecule has 2 heteroatoms. The highest BCUT2D eigenvalue weighted by Gasteiger charge is 2.00. The summed E-state index contributed by atoms with van der Waals surface area (Å²) in [6.07, 6.45) is 37.4. The Labute approximate surface area is 201 Å². The Balaban J connectivity index is 3.30. The number of allylic oxidation sites excluding steroid dienone is 3. The summed E-state index contributed by atoms with van der Waals surface area (Å²) in [6, 6.07) is 0. The molecular weight excluding hydrogens is 392 g/mol. The van der Waals surface area contributed by atoms with E-state index in [2.05, 4.69) is 19.9 Å². The van der Waals surface area contributed by atoms with Gasteiger partial charge in [0, 0.05) is 6.42 Å². The van der Waals surface area contributed by atoms with Crippen molar-refractivity contribution >= 4 is 5.97 Å². The molecule has 0 radical (unpaired) electrons. The summed E-state index contributed by atoms with van der Waals surface area (Å²) in [5.74, 6) is -0.0986. The van der Waals surface area contributed by atoms with E-state index >= 15 is 0 Å². The van der Waals surface area contributed by atoms with Gasteiger partial charge in [0.25, 0.3) is 0 Å². The van der Waals surface area contributed by atoms with E-state index in [-0.39, 0.29) is 5.97 Å². The lowest BCUT2D eigenvalue weighted by Crippen LogP contribution is -1.98. The van der Waals surface area contributed by atoms with Crippen LogP contribution in [-0.4, -0.2) is 5.97 Å². The zero-order valence-corrected chi connectivity index (χ0v) is 21.9.